The Balaban J connectivity index is 2.33. The summed E-state index contributed by atoms with van der Waals surface area (Å²) in [5.41, 5.74) is 2.58. The van der Waals surface area contributed by atoms with Gasteiger partial charge in [-0.05, 0) is 58.7 Å². The van der Waals surface area contributed by atoms with Crippen LogP contribution >= 0.6 is 27.5 Å². The summed E-state index contributed by atoms with van der Waals surface area (Å²) in [6, 6.07) is 13.0. The number of hydrogen-bond donors (Lipinski definition) is 0. The van der Waals surface area contributed by atoms with Crippen molar-refractivity contribution in [1.82, 2.24) is 0 Å². The average molecular weight is 339 g/mol. The van der Waals surface area contributed by atoms with Crippen LogP contribution in [0.3, 0.4) is 0 Å². The van der Waals surface area contributed by atoms with Gasteiger partial charge in [-0.1, -0.05) is 23.7 Å². The molecule has 0 aliphatic rings. The second kappa shape index (κ2) is 5.76. The molecule has 0 atom stereocenters. The third kappa shape index (κ3) is 3.17. The number of benzene rings is 2. The Bertz CT molecular complexity index is 627. The molecule has 2 aromatic carbocycles. The number of carbonyl (C=O) groups is 1. The van der Waals surface area contributed by atoms with Crippen LogP contribution in [0, 0.1) is 6.92 Å². The van der Waals surface area contributed by atoms with Crippen LogP contribution in [-0.2, 0) is 0 Å². The van der Waals surface area contributed by atoms with Gasteiger partial charge in [0.15, 0.2) is 0 Å². The summed E-state index contributed by atoms with van der Waals surface area (Å²) in [6.07, 6.45) is 0. The molecule has 0 aromatic heterocycles. The van der Waals surface area contributed by atoms with Crippen molar-refractivity contribution in [3.63, 3.8) is 0 Å². The lowest BCUT2D eigenvalue weighted by atomic mass is 10.1. The van der Waals surface area contributed by atoms with Gasteiger partial charge >= 0.3 is 0 Å². The highest BCUT2D eigenvalue weighted by Gasteiger charge is 2.16. The fraction of sp³-hybridized carbons (Fsp3) is 0.133. The molecular weight excluding hydrogens is 326 g/mol. The summed E-state index contributed by atoms with van der Waals surface area (Å²) in [5, 5.41) is 0.599. The van der Waals surface area contributed by atoms with E-state index >= 15 is 0 Å². The predicted molar refractivity (Wildman–Crippen MR) is 83.1 cm³/mol. The molecule has 2 aromatic rings. The first kappa shape index (κ1) is 14.1. The van der Waals surface area contributed by atoms with E-state index in [1.807, 2.05) is 31.2 Å². The number of aryl methyl sites for hydroxylation is 1. The van der Waals surface area contributed by atoms with Gasteiger partial charge in [0, 0.05) is 22.2 Å². The van der Waals surface area contributed by atoms with Gasteiger partial charge in [-0.2, -0.15) is 0 Å². The van der Waals surface area contributed by atoms with E-state index in [-0.39, 0.29) is 5.91 Å². The Kier molecular flexibility index (Phi) is 4.27. The first-order valence-corrected chi connectivity index (χ1v) is 6.96. The fourth-order valence-corrected chi connectivity index (χ4v) is 2.65. The van der Waals surface area contributed by atoms with Crippen LogP contribution in [0.2, 0.25) is 5.02 Å². The summed E-state index contributed by atoms with van der Waals surface area (Å²) in [6.45, 7) is 2.00. The van der Waals surface area contributed by atoms with Crippen molar-refractivity contribution >= 4 is 39.1 Å². The molecule has 0 bridgehead atoms. The quantitative estimate of drug-likeness (QED) is 0.778. The molecule has 4 heteroatoms. The van der Waals surface area contributed by atoms with Crippen molar-refractivity contribution in [2.24, 2.45) is 0 Å². The van der Waals surface area contributed by atoms with E-state index in [2.05, 4.69) is 15.9 Å². The molecule has 1 amide bonds. The van der Waals surface area contributed by atoms with Gasteiger partial charge in [0.05, 0.1) is 5.56 Å². The molecule has 0 unspecified atom stereocenters. The minimum Gasteiger partial charge on any atom is -0.311 e. The van der Waals surface area contributed by atoms with Crippen LogP contribution < -0.4 is 4.90 Å². The van der Waals surface area contributed by atoms with Crippen LogP contribution in [0.15, 0.2) is 46.9 Å². The minimum atomic E-state index is -0.0749. The number of amides is 1. The molecule has 0 aliphatic carbocycles. The van der Waals surface area contributed by atoms with E-state index in [4.69, 9.17) is 11.6 Å². The van der Waals surface area contributed by atoms with Crippen LogP contribution in [-0.4, -0.2) is 13.0 Å². The monoisotopic (exact) mass is 337 g/mol. The molecule has 0 saturated carbocycles. The van der Waals surface area contributed by atoms with Crippen LogP contribution in [0.5, 0.6) is 0 Å². The number of nitrogens with zero attached hydrogens (tertiary/aromatic N) is 1. The lowest BCUT2D eigenvalue weighted by Crippen LogP contribution is -2.26. The topological polar surface area (TPSA) is 20.3 Å². The molecule has 0 heterocycles. The zero-order chi connectivity index (χ0) is 14.0. The van der Waals surface area contributed by atoms with E-state index in [0.29, 0.717) is 15.1 Å². The molecule has 98 valence electrons. The molecular formula is C15H13BrClNO. The summed E-state index contributed by atoms with van der Waals surface area (Å²) in [5.74, 6) is -0.0749. The van der Waals surface area contributed by atoms with Crippen molar-refractivity contribution in [2.45, 2.75) is 6.92 Å². The Labute approximate surface area is 126 Å². The number of rotatable bonds is 2. The molecule has 0 N–H and O–H groups in total. The number of anilines is 1. The molecule has 0 fully saturated rings. The summed E-state index contributed by atoms with van der Waals surface area (Å²) in [4.78, 5) is 14.1. The van der Waals surface area contributed by atoms with Gasteiger partial charge in [0.1, 0.15) is 0 Å². The van der Waals surface area contributed by atoms with Gasteiger partial charge in [0.25, 0.3) is 5.91 Å². The minimum absolute atomic E-state index is 0.0749. The Morgan fingerprint density at radius 3 is 2.58 bits per heavy atom. The van der Waals surface area contributed by atoms with E-state index in [0.717, 1.165) is 11.3 Å². The molecule has 2 nitrogen and oxygen atoms in total. The highest BCUT2D eigenvalue weighted by Crippen LogP contribution is 2.24. The fourth-order valence-electron chi connectivity index (χ4n) is 1.80. The van der Waals surface area contributed by atoms with E-state index in [1.165, 1.54) is 0 Å². The molecule has 2 rings (SSSR count). The Morgan fingerprint density at radius 2 is 1.95 bits per heavy atom. The second-order valence-corrected chi connectivity index (χ2v) is 5.62. The zero-order valence-corrected chi connectivity index (χ0v) is 13.0. The largest absolute Gasteiger partial charge is 0.311 e. The first-order valence-electron chi connectivity index (χ1n) is 5.79. The highest BCUT2D eigenvalue weighted by molar-refractivity contribution is 9.10. The number of halogens is 2. The average Bonchev–Trinajstić information content (AvgIpc) is 2.37. The zero-order valence-electron chi connectivity index (χ0n) is 10.7. The second-order valence-electron chi connectivity index (χ2n) is 4.33. The third-order valence-corrected chi connectivity index (χ3v) is 3.75. The van der Waals surface area contributed by atoms with Gasteiger partial charge in [-0.25, -0.2) is 0 Å². The van der Waals surface area contributed by atoms with Gasteiger partial charge < -0.3 is 4.90 Å². The molecule has 0 spiro atoms. The predicted octanol–water partition coefficient (Wildman–Crippen LogP) is 4.69. The standard InChI is InChI=1S/C15H13BrClNO/c1-10-4-3-5-12(8-10)18(2)15(19)13-7-6-11(17)9-14(13)16/h3-9H,1-2H3. The molecule has 19 heavy (non-hydrogen) atoms. The van der Waals surface area contributed by atoms with E-state index in [1.54, 1.807) is 30.1 Å². The number of carbonyl (C=O) groups excluding carboxylic acids is 1. The van der Waals surface area contributed by atoms with Crippen molar-refractivity contribution in [3.8, 4) is 0 Å². The third-order valence-electron chi connectivity index (χ3n) is 2.86. The Hall–Kier alpha value is -1.32. The summed E-state index contributed by atoms with van der Waals surface area (Å²) < 4.78 is 0.699. The summed E-state index contributed by atoms with van der Waals surface area (Å²) >= 11 is 9.26. The van der Waals surface area contributed by atoms with E-state index < -0.39 is 0 Å². The van der Waals surface area contributed by atoms with Crippen LogP contribution in [0.1, 0.15) is 15.9 Å². The summed E-state index contributed by atoms with van der Waals surface area (Å²) in [7, 11) is 1.76. The maximum absolute atomic E-state index is 12.4. The molecule has 0 aliphatic heterocycles. The SMILES string of the molecule is Cc1cccc(N(C)C(=O)c2ccc(Cl)cc2Br)c1. The lowest BCUT2D eigenvalue weighted by Gasteiger charge is -2.18. The number of hydrogen-bond acceptors (Lipinski definition) is 1. The Morgan fingerprint density at radius 1 is 1.21 bits per heavy atom. The lowest BCUT2D eigenvalue weighted by molar-refractivity contribution is 0.0992. The van der Waals surface area contributed by atoms with Crippen molar-refractivity contribution < 1.29 is 4.79 Å². The maximum Gasteiger partial charge on any atom is 0.259 e. The molecule has 0 saturated heterocycles. The van der Waals surface area contributed by atoms with Gasteiger partial charge in [-0.3, -0.25) is 4.79 Å². The van der Waals surface area contributed by atoms with Crippen molar-refractivity contribution in [3.05, 3.63) is 63.1 Å². The van der Waals surface area contributed by atoms with Crippen LogP contribution in [0.4, 0.5) is 5.69 Å². The smallest absolute Gasteiger partial charge is 0.259 e. The van der Waals surface area contributed by atoms with Crippen molar-refractivity contribution in [1.29, 1.82) is 0 Å². The van der Waals surface area contributed by atoms with Crippen molar-refractivity contribution in [2.75, 3.05) is 11.9 Å². The van der Waals surface area contributed by atoms with Gasteiger partial charge in [-0.15, -0.1) is 0 Å². The van der Waals surface area contributed by atoms with E-state index in [9.17, 15) is 4.79 Å². The molecule has 0 radical (unpaired) electrons. The van der Waals surface area contributed by atoms with Gasteiger partial charge in [0.2, 0.25) is 0 Å². The normalized spacial score (nSPS) is 10.3. The van der Waals surface area contributed by atoms with Crippen LogP contribution in [0.25, 0.3) is 0 Å². The maximum atomic E-state index is 12.4. The highest BCUT2D eigenvalue weighted by atomic mass is 79.9. The first-order chi connectivity index (χ1) is 8.99.